The highest BCUT2D eigenvalue weighted by molar-refractivity contribution is 6.32. The van der Waals surface area contributed by atoms with Crippen molar-refractivity contribution in [1.29, 1.82) is 0 Å². The molecule has 0 spiro atoms. The molecule has 0 bridgehead atoms. The van der Waals surface area contributed by atoms with E-state index < -0.39 is 18.0 Å². The molecule has 0 radical (unpaired) electrons. The van der Waals surface area contributed by atoms with Crippen LogP contribution in [0.15, 0.2) is 30.3 Å². The summed E-state index contributed by atoms with van der Waals surface area (Å²) in [5.74, 6) is -1.17. The number of rotatable bonds is 4. The van der Waals surface area contributed by atoms with E-state index in [0.717, 1.165) is 0 Å². The number of aromatic nitrogens is 1. The summed E-state index contributed by atoms with van der Waals surface area (Å²) in [6.07, 6.45) is -1.01. The third-order valence-corrected chi connectivity index (χ3v) is 3.76. The number of carbonyl (C=O) groups is 2. The van der Waals surface area contributed by atoms with Crippen LogP contribution in [0.3, 0.4) is 0 Å². The monoisotopic (exact) mass is 366 g/mol. The predicted molar refractivity (Wildman–Crippen MR) is 93.7 cm³/mol. The zero-order valence-corrected chi connectivity index (χ0v) is 14.9. The highest BCUT2D eigenvalue weighted by Crippen LogP contribution is 2.21. The summed E-state index contributed by atoms with van der Waals surface area (Å²) in [4.78, 5) is 28.4. The van der Waals surface area contributed by atoms with Crippen molar-refractivity contribution >= 4 is 40.8 Å². The fraction of sp³-hybridized carbons (Fsp3) is 0.235. The van der Waals surface area contributed by atoms with Gasteiger partial charge in [0.05, 0.1) is 5.56 Å². The maximum Gasteiger partial charge on any atom is 0.342 e. The van der Waals surface area contributed by atoms with Crippen molar-refractivity contribution in [2.75, 3.05) is 5.32 Å². The van der Waals surface area contributed by atoms with E-state index in [0.29, 0.717) is 22.0 Å². The van der Waals surface area contributed by atoms with Crippen molar-refractivity contribution in [3.8, 4) is 0 Å². The van der Waals surface area contributed by atoms with E-state index in [1.165, 1.54) is 6.92 Å². The Labute approximate surface area is 149 Å². The van der Waals surface area contributed by atoms with Crippen LogP contribution < -0.4 is 5.32 Å². The van der Waals surface area contributed by atoms with Crippen LogP contribution in [0, 0.1) is 13.8 Å². The number of esters is 1. The number of hydrogen-bond donors (Lipinski definition) is 1. The Kier molecular flexibility index (Phi) is 5.80. The number of benzene rings is 1. The van der Waals surface area contributed by atoms with Crippen LogP contribution in [0.2, 0.25) is 10.2 Å². The number of hydrogen-bond acceptors (Lipinski definition) is 4. The molecule has 1 aromatic heterocycles. The van der Waals surface area contributed by atoms with Gasteiger partial charge in [0.25, 0.3) is 5.91 Å². The average molecular weight is 367 g/mol. The number of nitrogens with zero attached hydrogens (tertiary/aromatic N) is 1. The molecule has 0 aliphatic carbocycles. The Morgan fingerprint density at radius 2 is 1.92 bits per heavy atom. The van der Waals surface area contributed by atoms with E-state index in [9.17, 15) is 9.59 Å². The molecule has 0 unspecified atom stereocenters. The molecule has 0 fully saturated rings. The van der Waals surface area contributed by atoms with Crippen molar-refractivity contribution in [1.82, 2.24) is 4.98 Å². The number of pyridine rings is 1. The highest BCUT2D eigenvalue weighted by Gasteiger charge is 2.23. The fourth-order valence-corrected chi connectivity index (χ4v) is 2.67. The topological polar surface area (TPSA) is 68.3 Å². The van der Waals surface area contributed by atoms with Gasteiger partial charge >= 0.3 is 5.97 Å². The largest absolute Gasteiger partial charge is 0.449 e. The van der Waals surface area contributed by atoms with Crippen molar-refractivity contribution in [2.45, 2.75) is 26.9 Å². The summed E-state index contributed by atoms with van der Waals surface area (Å²) in [7, 11) is 0. The SMILES string of the molecule is Cc1cc(C)c(C(=O)O[C@@H](C)C(=O)Nc2cccc(Cl)c2)c(Cl)n1. The molecule has 24 heavy (non-hydrogen) atoms. The first kappa shape index (κ1) is 18.2. The lowest BCUT2D eigenvalue weighted by Gasteiger charge is -2.15. The van der Waals surface area contributed by atoms with Crippen LogP contribution >= 0.6 is 23.2 Å². The summed E-state index contributed by atoms with van der Waals surface area (Å²) >= 11 is 11.9. The minimum Gasteiger partial charge on any atom is -0.449 e. The van der Waals surface area contributed by atoms with Gasteiger partial charge in [-0.1, -0.05) is 29.3 Å². The second-order valence-electron chi connectivity index (χ2n) is 5.29. The molecule has 0 saturated heterocycles. The Morgan fingerprint density at radius 3 is 2.54 bits per heavy atom. The van der Waals surface area contributed by atoms with Gasteiger partial charge in [0, 0.05) is 16.4 Å². The maximum atomic E-state index is 12.3. The van der Waals surface area contributed by atoms with Gasteiger partial charge in [-0.25, -0.2) is 9.78 Å². The predicted octanol–water partition coefficient (Wildman–Crippen LogP) is 4.19. The number of ether oxygens (including phenoxy) is 1. The second kappa shape index (κ2) is 7.64. The molecule has 1 heterocycles. The first-order valence-electron chi connectivity index (χ1n) is 7.19. The standard InChI is InChI=1S/C17H16Cl2N2O3/c1-9-7-10(2)20-15(19)14(9)17(23)24-11(3)16(22)21-13-6-4-5-12(18)8-13/h4-8,11H,1-3H3,(H,21,22)/t11-/m0/s1. The summed E-state index contributed by atoms with van der Waals surface area (Å²) < 4.78 is 5.19. The molecule has 5 nitrogen and oxygen atoms in total. The number of carbonyl (C=O) groups excluding carboxylic acids is 2. The number of halogens is 2. The molecule has 126 valence electrons. The quantitative estimate of drug-likeness (QED) is 0.650. The van der Waals surface area contributed by atoms with Crippen molar-refractivity contribution < 1.29 is 14.3 Å². The molecule has 2 aromatic rings. The van der Waals surface area contributed by atoms with Gasteiger partial charge in [-0.05, 0) is 50.6 Å². The third-order valence-electron chi connectivity index (χ3n) is 3.25. The number of aryl methyl sites for hydroxylation is 2. The number of nitrogens with one attached hydrogen (secondary N) is 1. The normalized spacial score (nSPS) is 11.7. The molecule has 0 aliphatic heterocycles. The summed E-state index contributed by atoms with van der Waals surface area (Å²) in [6.45, 7) is 4.98. The molecular formula is C17H16Cl2N2O3. The van der Waals surface area contributed by atoms with Gasteiger partial charge in [-0.15, -0.1) is 0 Å². The van der Waals surface area contributed by atoms with Crippen molar-refractivity contribution in [2.24, 2.45) is 0 Å². The van der Waals surface area contributed by atoms with Crippen LogP contribution in [-0.4, -0.2) is 23.0 Å². The highest BCUT2D eigenvalue weighted by atomic mass is 35.5. The lowest BCUT2D eigenvalue weighted by Crippen LogP contribution is -2.30. The lowest BCUT2D eigenvalue weighted by molar-refractivity contribution is -0.123. The van der Waals surface area contributed by atoms with E-state index >= 15 is 0 Å². The van der Waals surface area contributed by atoms with E-state index in [2.05, 4.69) is 10.3 Å². The van der Waals surface area contributed by atoms with Gasteiger partial charge in [-0.3, -0.25) is 4.79 Å². The zero-order chi connectivity index (χ0) is 17.9. The van der Waals surface area contributed by atoms with Crippen molar-refractivity contribution in [3.05, 3.63) is 57.3 Å². The molecule has 1 amide bonds. The fourth-order valence-electron chi connectivity index (χ4n) is 2.12. The number of anilines is 1. The first-order chi connectivity index (χ1) is 11.3. The van der Waals surface area contributed by atoms with Crippen LogP contribution in [0.5, 0.6) is 0 Å². The van der Waals surface area contributed by atoms with Gasteiger partial charge in [0.1, 0.15) is 5.15 Å². The molecule has 0 saturated carbocycles. The average Bonchev–Trinajstić information content (AvgIpc) is 2.45. The van der Waals surface area contributed by atoms with Gasteiger partial charge in [0.2, 0.25) is 0 Å². The van der Waals surface area contributed by atoms with Crippen LogP contribution in [0.4, 0.5) is 5.69 Å². The molecule has 1 atom stereocenters. The summed E-state index contributed by atoms with van der Waals surface area (Å²) in [5.41, 5.74) is 2.01. The smallest absolute Gasteiger partial charge is 0.342 e. The lowest BCUT2D eigenvalue weighted by atomic mass is 10.1. The Balaban J connectivity index is 2.07. The molecule has 2 rings (SSSR count). The van der Waals surface area contributed by atoms with E-state index in [1.54, 1.807) is 44.2 Å². The minimum absolute atomic E-state index is 0.0555. The van der Waals surface area contributed by atoms with Crippen LogP contribution in [-0.2, 0) is 9.53 Å². The minimum atomic E-state index is -1.01. The van der Waals surface area contributed by atoms with E-state index in [-0.39, 0.29) is 10.7 Å². The van der Waals surface area contributed by atoms with Gasteiger partial charge in [-0.2, -0.15) is 0 Å². The third kappa shape index (κ3) is 4.46. The molecular weight excluding hydrogens is 351 g/mol. The van der Waals surface area contributed by atoms with E-state index in [4.69, 9.17) is 27.9 Å². The summed E-state index contributed by atoms with van der Waals surface area (Å²) in [5, 5.41) is 3.18. The molecule has 1 N–H and O–H groups in total. The Bertz CT molecular complexity index is 770. The van der Waals surface area contributed by atoms with Crippen LogP contribution in [0.1, 0.15) is 28.5 Å². The molecule has 0 aliphatic rings. The number of amides is 1. The molecule has 1 aromatic carbocycles. The van der Waals surface area contributed by atoms with E-state index in [1.807, 2.05) is 0 Å². The van der Waals surface area contributed by atoms with Crippen LogP contribution in [0.25, 0.3) is 0 Å². The Morgan fingerprint density at radius 1 is 1.21 bits per heavy atom. The molecule has 7 heteroatoms. The first-order valence-corrected chi connectivity index (χ1v) is 7.94. The maximum absolute atomic E-state index is 12.3. The van der Waals surface area contributed by atoms with Gasteiger partial charge < -0.3 is 10.1 Å². The van der Waals surface area contributed by atoms with Crippen molar-refractivity contribution in [3.63, 3.8) is 0 Å². The Hall–Kier alpha value is -2.11. The van der Waals surface area contributed by atoms with Gasteiger partial charge in [0.15, 0.2) is 6.10 Å². The zero-order valence-electron chi connectivity index (χ0n) is 13.4. The second-order valence-corrected chi connectivity index (χ2v) is 6.09. The summed E-state index contributed by atoms with van der Waals surface area (Å²) in [6, 6.07) is 8.40.